The Morgan fingerprint density at radius 3 is 2.60 bits per heavy atom. The van der Waals surface area contributed by atoms with E-state index < -0.39 is 11.9 Å². The molecule has 9 heteroatoms. The molecule has 0 aliphatic carbocycles. The monoisotopic (exact) mass is 366 g/mol. The van der Waals surface area contributed by atoms with Crippen molar-refractivity contribution in [1.29, 1.82) is 0 Å². The second-order valence-corrected chi connectivity index (χ2v) is 6.32. The number of nitrogens with one attached hydrogen (secondary N) is 1. The minimum absolute atomic E-state index is 0.188. The molecule has 3 rings (SSSR count). The quantitative estimate of drug-likeness (QED) is 0.769. The molecule has 3 aromatic heterocycles. The highest BCUT2D eigenvalue weighted by molar-refractivity contribution is 7.17. The van der Waals surface area contributed by atoms with Crippen molar-refractivity contribution in [2.45, 2.75) is 12.7 Å². The number of aryl methyl sites for hydroxylation is 1. The van der Waals surface area contributed by atoms with Gasteiger partial charge in [-0.05, 0) is 35.9 Å². The smallest absolute Gasteiger partial charge is 0.347 e. The number of hydrogen-bond donors (Lipinski definition) is 1. The molecule has 0 radical (unpaired) electrons. The SMILES string of the molecule is Cn1nc(-c2ccc(C(=O)NCc3ccncc3)s2)cc1C(F)(F)F. The van der Waals surface area contributed by atoms with Crippen molar-refractivity contribution >= 4 is 17.2 Å². The molecule has 0 unspecified atom stereocenters. The van der Waals surface area contributed by atoms with Gasteiger partial charge >= 0.3 is 6.18 Å². The zero-order chi connectivity index (χ0) is 18.0. The lowest BCUT2D eigenvalue weighted by atomic mass is 10.2. The molecule has 0 spiro atoms. The number of amides is 1. The number of carbonyl (C=O) groups excluding carboxylic acids is 1. The maximum atomic E-state index is 12.8. The van der Waals surface area contributed by atoms with E-state index in [0.29, 0.717) is 16.3 Å². The van der Waals surface area contributed by atoms with Gasteiger partial charge in [-0.2, -0.15) is 18.3 Å². The molecule has 1 amide bonds. The van der Waals surface area contributed by atoms with E-state index >= 15 is 0 Å². The highest BCUT2D eigenvalue weighted by Gasteiger charge is 2.35. The molecule has 0 saturated carbocycles. The van der Waals surface area contributed by atoms with Gasteiger partial charge in [0.05, 0.1) is 9.75 Å². The Balaban J connectivity index is 1.73. The minimum Gasteiger partial charge on any atom is -0.347 e. The van der Waals surface area contributed by atoms with Gasteiger partial charge in [0.2, 0.25) is 0 Å². The van der Waals surface area contributed by atoms with E-state index in [9.17, 15) is 18.0 Å². The Bertz CT molecular complexity index is 886. The summed E-state index contributed by atoms with van der Waals surface area (Å²) in [5.74, 6) is -0.292. The van der Waals surface area contributed by atoms with Crippen molar-refractivity contribution in [2.24, 2.45) is 7.05 Å². The Kier molecular flexibility index (Phi) is 4.58. The summed E-state index contributed by atoms with van der Waals surface area (Å²) in [5, 5.41) is 6.64. The Hall–Kier alpha value is -2.68. The Morgan fingerprint density at radius 1 is 1.24 bits per heavy atom. The normalized spacial score (nSPS) is 11.5. The predicted octanol–water partition coefficient (Wildman–Crippen LogP) is 3.49. The van der Waals surface area contributed by atoms with Crippen LogP contribution in [0.25, 0.3) is 10.6 Å². The van der Waals surface area contributed by atoms with E-state index in [1.165, 1.54) is 7.05 Å². The van der Waals surface area contributed by atoms with E-state index in [-0.39, 0.29) is 11.6 Å². The van der Waals surface area contributed by atoms with Crippen LogP contribution in [0.1, 0.15) is 20.9 Å². The molecular formula is C16H13F3N4OS. The van der Waals surface area contributed by atoms with Crippen LogP contribution in [0.5, 0.6) is 0 Å². The maximum absolute atomic E-state index is 12.8. The number of carbonyl (C=O) groups is 1. The van der Waals surface area contributed by atoms with Crippen LogP contribution in [0.3, 0.4) is 0 Å². The molecule has 5 nitrogen and oxygen atoms in total. The topological polar surface area (TPSA) is 59.8 Å². The molecule has 0 aliphatic heterocycles. The third kappa shape index (κ3) is 3.87. The van der Waals surface area contributed by atoms with Gasteiger partial charge in [0, 0.05) is 26.0 Å². The summed E-state index contributed by atoms with van der Waals surface area (Å²) in [7, 11) is 1.24. The van der Waals surface area contributed by atoms with E-state index in [2.05, 4.69) is 15.4 Å². The summed E-state index contributed by atoms with van der Waals surface area (Å²) < 4.78 is 39.3. The summed E-state index contributed by atoms with van der Waals surface area (Å²) in [6.45, 7) is 0.344. The Morgan fingerprint density at radius 2 is 1.96 bits per heavy atom. The largest absolute Gasteiger partial charge is 0.433 e. The molecule has 0 fully saturated rings. The maximum Gasteiger partial charge on any atom is 0.433 e. The number of pyridine rings is 1. The number of rotatable bonds is 4. The summed E-state index contributed by atoms with van der Waals surface area (Å²) in [5.41, 5.74) is 0.257. The first-order chi connectivity index (χ1) is 11.8. The van der Waals surface area contributed by atoms with E-state index in [1.54, 1.807) is 36.7 Å². The number of halogens is 3. The number of thiophene rings is 1. The first-order valence-electron chi connectivity index (χ1n) is 7.23. The first-order valence-corrected chi connectivity index (χ1v) is 8.05. The zero-order valence-corrected chi connectivity index (χ0v) is 13.9. The van der Waals surface area contributed by atoms with Crippen molar-refractivity contribution in [3.05, 3.63) is 58.9 Å². The van der Waals surface area contributed by atoms with Gasteiger partial charge in [-0.3, -0.25) is 14.5 Å². The molecule has 0 aromatic carbocycles. The predicted molar refractivity (Wildman–Crippen MR) is 86.9 cm³/mol. The van der Waals surface area contributed by atoms with Crippen LogP contribution in [0.2, 0.25) is 0 Å². The fourth-order valence-corrected chi connectivity index (χ4v) is 3.10. The molecule has 1 N–H and O–H groups in total. The van der Waals surface area contributed by atoms with Crippen LogP contribution in [0.4, 0.5) is 13.2 Å². The van der Waals surface area contributed by atoms with Gasteiger partial charge < -0.3 is 5.32 Å². The van der Waals surface area contributed by atoms with Crippen molar-refractivity contribution < 1.29 is 18.0 Å². The van der Waals surface area contributed by atoms with E-state index in [4.69, 9.17) is 0 Å². The molecule has 3 aromatic rings. The fraction of sp³-hybridized carbons (Fsp3) is 0.188. The third-order valence-corrected chi connectivity index (χ3v) is 4.56. The van der Waals surface area contributed by atoms with Crippen LogP contribution in [-0.4, -0.2) is 20.7 Å². The van der Waals surface area contributed by atoms with Crippen molar-refractivity contribution in [3.63, 3.8) is 0 Å². The second-order valence-electron chi connectivity index (χ2n) is 5.24. The molecule has 0 aliphatic rings. The summed E-state index contributed by atoms with van der Waals surface area (Å²) in [6, 6.07) is 7.71. The Labute approximate surface area is 145 Å². The molecule has 3 heterocycles. The minimum atomic E-state index is -4.47. The first kappa shape index (κ1) is 17.2. The number of nitrogens with zero attached hydrogens (tertiary/aromatic N) is 3. The van der Waals surface area contributed by atoms with Crippen molar-refractivity contribution in [2.75, 3.05) is 0 Å². The van der Waals surface area contributed by atoms with Gasteiger partial charge in [0.25, 0.3) is 5.91 Å². The van der Waals surface area contributed by atoms with Gasteiger partial charge in [-0.15, -0.1) is 11.3 Å². The van der Waals surface area contributed by atoms with E-state index in [1.807, 2.05) is 0 Å². The average molecular weight is 366 g/mol. The molecule has 0 atom stereocenters. The second kappa shape index (κ2) is 6.67. The van der Waals surface area contributed by atoms with Gasteiger partial charge in [-0.1, -0.05) is 0 Å². The van der Waals surface area contributed by atoms with Crippen molar-refractivity contribution in [3.8, 4) is 10.6 Å². The lowest BCUT2D eigenvalue weighted by molar-refractivity contribution is -0.143. The van der Waals surface area contributed by atoms with Crippen molar-refractivity contribution in [1.82, 2.24) is 20.1 Å². The number of aromatic nitrogens is 3. The van der Waals surface area contributed by atoms with Crippen LogP contribution in [0.15, 0.2) is 42.7 Å². The molecule has 25 heavy (non-hydrogen) atoms. The van der Waals surface area contributed by atoms with Gasteiger partial charge in [0.15, 0.2) is 0 Å². The molecule has 130 valence electrons. The molecule has 0 saturated heterocycles. The highest BCUT2D eigenvalue weighted by Crippen LogP contribution is 2.34. The highest BCUT2D eigenvalue weighted by atomic mass is 32.1. The van der Waals surface area contributed by atoms with Crippen LogP contribution in [-0.2, 0) is 19.8 Å². The lowest BCUT2D eigenvalue weighted by Gasteiger charge is -2.04. The van der Waals surface area contributed by atoms with Gasteiger partial charge in [-0.25, -0.2) is 0 Å². The zero-order valence-electron chi connectivity index (χ0n) is 13.0. The molecular weight excluding hydrogens is 353 g/mol. The van der Waals surface area contributed by atoms with Crippen LogP contribution < -0.4 is 5.32 Å². The molecule has 0 bridgehead atoms. The van der Waals surface area contributed by atoms with E-state index in [0.717, 1.165) is 27.6 Å². The van der Waals surface area contributed by atoms with Crippen LogP contribution >= 0.6 is 11.3 Å². The average Bonchev–Trinajstić information content (AvgIpc) is 3.19. The summed E-state index contributed by atoms with van der Waals surface area (Å²) in [4.78, 5) is 17.0. The van der Waals surface area contributed by atoms with Crippen LogP contribution in [0, 0.1) is 0 Å². The van der Waals surface area contributed by atoms with Gasteiger partial charge in [0.1, 0.15) is 11.4 Å². The third-order valence-electron chi connectivity index (χ3n) is 3.45. The lowest BCUT2D eigenvalue weighted by Crippen LogP contribution is -2.21. The number of alkyl halides is 3. The number of hydrogen-bond acceptors (Lipinski definition) is 4. The summed E-state index contributed by atoms with van der Waals surface area (Å²) >= 11 is 1.09. The summed E-state index contributed by atoms with van der Waals surface area (Å²) in [6.07, 6.45) is -1.21. The fourth-order valence-electron chi connectivity index (χ4n) is 2.22. The standard InChI is InChI=1S/C16H13F3N4OS/c1-23-14(16(17,18)19)8-11(22-23)12-2-3-13(25-12)15(24)21-9-10-4-6-20-7-5-10/h2-8H,9H2,1H3,(H,21,24).